The highest BCUT2D eigenvalue weighted by Crippen LogP contribution is 2.26. The molecule has 4 rings (SSSR count). The van der Waals surface area contributed by atoms with Gasteiger partial charge in [0.1, 0.15) is 5.75 Å². The third-order valence-electron chi connectivity index (χ3n) is 6.99. The van der Waals surface area contributed by atoms with Gasteiger partial charge in [-0.3, -0.25) is 9.78 Å². The average Bonchev–Trinajstić information content (AvgIpc) is 2.89. The lowest BCUT2D eigenvalue weighted by Crippen LogP contribution is -2.35. The molecule has 40 heavy (non-hydrogen) atoms. The van der Waals surface area contributed by atoms with Crippen molar-refractivity contribution in [2.24, 2.45) is 7.05 Å². The number of rotatable bonds is 12. The Bertz CT molecular complexity index is 1580. The van der Waals surface area contributed by atoms with Gasteiger partial charge in [0.25, 0.3) is 5.56 Å². The number of hydrogen-bond donors (Lipinski definition) is 0. The van der Waals surface area contributed by atoms with E-state index in [0.29, 0.717) is 31.0 Å². The van der Waals surface area contributed by atoms with Gasteiger partial charge in [-0.15, -0.1) is 12.4 Å². The molecule has 9 heteroatoms. The standard InChI is InChI=1S/C31H37N3O4S.ClH/c1-23-19-24(2)31(25(3)20-23)39(36,37)34(17-14-26-9-8-15-32-22-26)16-6-5-7-18-38-28-11-12-29-27(21-28)10-13-30(35)33(29)4;/h8-13,15,19-22H,5-7,14,16-18H2,1-4H3;1H. The van der Waals surface area contributed by atoms with Crippen LogP contribution in [0.15, 0.2) is 76.7 Å². The zero-order valence-corrected chi connectivity index (χ0v) is 25.2. The quantitative estimate of drug-likeness (QED) is 0.198. The molecule has 0 spiro atoms. The van der Waals surface area contributed by atoms with Gasteiger partial charge in [-0.2, -0.15) is 4.31 Å². The lowest BCUT2D eigenvalue weighted by molar-refractivity contribution is 0.301. The largest absolute Gasteiger partial charge is 0.494 e. The maximum atomic E-state index is 13.8. The van der Waals surface area contributed by atoms with Crippen molar-refractivity contribution in [1.82, 2.24) is 13.9 Å². The number of sulfonamides is 1. The molecular weight excluding hydrogens is 546 g/mol. The minimum Gasteiger partial charge on any atom is -0.494 e. The van der Waals surface area contributed by atoms with Crippen LogP contribution in [0.5, 0.6) is 5.75 Å². The van der Waals surface area contributed by atoms with E-state index < -0.39 is 10.0 Å². The fraction of sp³-hybridized carbons (Fsp3) is 0.355. The van der Waals surface area contributed by atoms with Crippen molar-refractivity contribution in [2.45, 2.75) is 51.3 Å². The van der Waals surface area contributed by atoms with E-state index in [1.54, 1.807) is 34.4 Å². The van der Waals surface area contributed by atoms with E-state index in [0.717, 1.165) is 58.2 Å². The Balaban J connectivity index is 0.00000441. The maximum Gasteiger partial charge on any atom is 0.250 e. The third-order valence-corrected chi connectivity index (χ3v) is 9.20. The van der Waals surface area contributed by atoms with Crippen molar-refractivity contribution in [3.8, 4) is 5.75 Å². The highest BCUT2D eigenvalue weighted by molar-refractivity contribution is 7.89. The molecule has 2 aromatic heterocycles. The van der Waals surface area contributed by atoms with Crippen molar-refractivity contribution < 1.29 is 13.2 Å². The van der Waals surface area contributed by atoms with Gasteiger partial charge in [-0.05, 0) is 93.5 Å². The van der Waals surface area contributed by atoms with Gasteiger partial charge in [0.15, 0.2) is 0 Å². The van der Waals surface area contributed by atoms with Crippen LogP contribution in [-0.4, -0.2) is 42.0 Å². The van der Waals surface area contributed by atoms with Crippen molar-refractivity contribution in [3.63, 3.8) is 0 Å². The summed E-state index contributed by atoms with van der Waals surface area (Å²) in [5.74, 6) is 0.757. The van der Waals surface area contributed by atoms with Crippen LogP contribution in [0.3, 0.4) is 0 Å². The van der Waals surface area contributed by atoms with E-state index in [1.807, 2.05) is 69.3 Å². The molecule has 0 fully saturated rings. The van der Waals surface area contributed by atoms with E-state index in [4.69, 9.17) is 4.74 Å². The second-order valence-electron chi connectivity index (χ2n) is 10.1. The van der Waals surface area contributed by atoms with Gasteiger partial charge < -0.3 is 9.30 Å². The molecule has 0 saturated carbocycles. The summed E-state index contributed by atoms with van der Waals surface area (Å²) < 4.78 is 36.8. The number of hydrogen-bond acceptors (Lipinski definition) is 5. The van der Waals surface area contributed by atoms with Gasteiger partial charge in [0, 0.05) is 44.0 Å². The molecule has 4 aromatic rings. The number of ether oxygens (including phenoxy) is 1. The summed E-state index contributed by atoms with van der Waals surface area (Å²) >= 11 is 0. The van der Waals surface area contributed by atoms with Gasteiger partial charge in [0.2, 0.25) is 10.0 Å². The molecule has 0 saturated heterocycles. The van der Waals surface area contributed by atoms with E-state index in [-0.39, 0.29) is 18.0 Å². The van der Waals surface area contributed by atoms with Crippen LogP contribution < -0.4 is 10.3 Å². The van der Waals surface area contributed by atoms with Crippen molar-refractivity contribution in [3.05, 3.63) is 99.6 Å². The highest BCUT2D eigenvalue weighted by Gasteiger charge is 2.27. The van der Waals surface area contributed by atoms with E-state index in [2.05, 4.69) is 4.98 Å². The lowest BCUT2D eigenvalue weighted by Gasteiger charge is -2.24. The summed E-state index contributed by atoms with van der Waals surface area (Å²) in [5.41, 5.74) is 4.45. The van der Waals surface area contributed by atoms with Crippen LogP contribution in [0.2, 0.25) is 0 Å². The van der Waals surface area contributed by atoms with Crippen molar-refractivity contribution >= 4 is 33.3 Å². The Labute approximate surface area is 243 Å². The molecule has 0 N–H and O–H groups in total. The molecule has 0 aliphatic heterocycles. The van der Waals surface area contributed by atoms with Gasteiger partial charge in [-0.1, -0.05) is 23.8 Å². The summed E-state index contributed by atoms with van der Waals surface area (Å²) in [6.07, 6.45) is 6.50. The first-order chi connectivity index (χ1) is 18.7. The lowest BCUT2D eigenvalue weighted by atomic mass is 10.1. The predicted molar refractivity (Wildman–Crippen MR) is 163 cm³/mol. The first-order valence-corrected chi connectivity index (χ1v) is 14.8. The smallest absolute Gasteiger partial charge is 0.250 e. The normalized spacial score (nSPS) is 11.5. The Kier molecular flexibility index (Phi) is 10.9. The third kappa shape index (κ3) is 7.50. The van der Waals surface area contributed by atoms with Crippen LogP contribution in [-0.2, 0) is 23.5 Å². The molecule has 2 aromatic carbocycles. The Morgan fingerprint density at radius 2 is 1.68 bits per heavy atom. The zero-order chi connectivity index (χ0) is 28.0. The van der Waals surface area contributed by atoms with Gasteiger partial charge in [0.05, 0.1) is 17.0 Å². The van der Waals surface area contributed by atoms with Crippen molar-refractivity contribution in [1.29, 1.82) is 0 Å². The second-order valence-corrected chi connectivity index (χ2v) is 12.0. The molecule has 0 amide bonds. The molecule has 0 bridgehead atoms. The number of nitrogens with zero attached hydrogens (tertiary/aromatic N) is 3. The Morgan fingerprint density at radius 1 is 0.925 bits per heavy atom. The van der Waals surface area contributed by atoms with Crippen LogP contribution in [0.4, 0.5) is 0 Å². The highest BCUT2D eigenvalue weighted by atomic mass is 35.5. The minimum atomic E-state index is -3.66. The van der Waals surface area contributed by atoms with E-state index >= 15 is 0 Å². The number of aryl methyl sites for hydroxylation is 4. The zero-order valence-electron chi connectivity index (χ0n) is 23.6. The number of unbranched alkanes of at least 4 members (excludes halogenated alkanes) is 2. The predicted octanol–water partition coefficient (Wildman–Crippen LogP) is 5.76. The second kappa shape index (κ2) is 13.9. The fourth-order valence-corrected chi connectivity index (χ4v) is 6.96. The Hall–Kier alpha value is -3.20. The molecule has 214 valence electrons. The van der Waals surface area contributed by atoms with E-state index in [9.17, 15) is 13.2 Å². The molecule has 7 nitrogen and oxygen atoms in total. The molecule has 0 atom stereocenters. The number of pyridine rings is 2. The van der Waals surface area contributed by atoms with Crippen LogP contribution in [0.25, 0.3) is 10.9 Å². The molecular formula is C31H38ClN3O4S. The molecule has 0 aliphatic carbocycles. The average molecular weight is 584 g/mol. The first-order valence-electron chi connectivity index (χ1n) is 13.4. The number of halogens is 1. The number of benzene rings is 2. The fourth-order valence-electron chi connectivity index (χ4n) is 5.06. The summed E-state index contributed by atoms with van der Waals surface area (Å²) in [5, 5.41) is 0.950. The number of aromatic nitrogens is 2. The summed E-state index contributed by atoms with van der Waals surface area (Å²) in [6, 6.07) is 16.8. The first kappa shape index (κ1) is 31.3. The monoisotopic (exact) mass is 583 g/mol. The van der Waals surface area contributed by atoms with Crippen LogP contribution in [0, 0.1) is 20.8 Å². The van der Waals surface area contributed by atoms with E-state index in [1.165, 1.54) is 0 Å². The summed E-state index contributed by atoms with van der Waals surface area (Å²) in [7, 11) is -1.90. The topological polar surface area (TPSA) is 81.5 Å². The summed E-state index contributed by atoms with van der Waals surface area (Å²) in [4.78, 5) is 16.4. The van der Waals surface area contributed by atoms with Gasteiger partial charge >= 0.3 is 0 Å². The SMILES string of the molecule is Cc1cc(C)c(S(=O)(=O)N(CCCCCOc2ccc3c(ccc(=O)n3C)c2)CCc2cccnc2)c(C)c1.Cl. The summed E-state index contributed by atoms with van der Waals surface area (Å²) in [6.45, 7) is 7.11. The van der Waals surface area contributed by atoms with Crippen molar-refractivity contribution in [2.75, 3.05) is 19.7 Å². The maximum absolute atomic E-state index is 13.8. The molecule has 0 aliphatic rings. The number of fused-ring (bicyclic) bond motifs is 1. The van der Waals surface area contributed by atoms with Crippen LogP contribution >= 0.6 is 12.4 Å². The molecule has 0 unspecified atom stereocenters. The minimum absolute atomic E-state index is 0. The Morgan fingerprint density at radius 3 is 2.38 bits per heavy atom. The molecule has 0 radical (unpaired) electrons. The van der Waals surface area contributed by atoms with Gasteiger partial charge in [-0.25, -0.2) is 8.42 Å². The van der Waals surface area contributed by atoms with Crippen LogP contribution in [0.1, 0.15) is 41.5 Å². The molecule has 2 heterocycles.